The molecule has 0 aliphatic rings. The zero-order chi connectivity index (χ0) is 15.1. The van der Waals surface area contributed by atoms with E-state index in [1.165, 1.54) is 11.9 Å². The standard InChI is InChI=1S/C16H20IN3O/c1-16(2,10-18-8-13-6-4-3-5-7-13)11-21-15-14(17)9-19-12-20-15/h3-7,9,12,18H,8,10-11H2,1-2H3. The third-order valence-corrected chi connectivity index (χ3v) is 3.75. The molecular weight excluding hydrogens is 377 g/mol. The van der Waals surface area contributed by atoms with E-state index >= 15 is 0 Å². The fraction of sp³-hybridized carbons (Fsp3) is 0.375. The molecule has 0 aliphatic heterocycles. The molecule has 1 heterocycles. The van der Waals surface area contributed by atoms with Gasteiger partial charge in [-0.3, -0.25) is 0 Å². The van der Waals surface area contributed by atoms with E-state index in [1.54, 1.807) is 6.20 Å². The first-order valence-corrected chi connectivity index (χ1v) is 7.98. The minimum Gasteiger partial charge on any atom is -0.476 e. The van der Waals surface area contributed by atoms with Crippen molar-refractivity contribution in [2.45, 2.75) is 20.4 Å². The lowest BCUT2D eigenvalue weighted by molar-refractivity contribution is 0.169. The van der Waals surface area contributed by atoms with Gasteiger partial charge in [0.15, 0.2) is 0 Å². The second-order valence-electron chi connectivity index (χ2n) is 5.72. The quantitative estimate of drug-likeness (QED) is 0.729. The van der Waals surface area contributed by atoms with Gasteiger partial charge in [0.25, 0.3) is 0 Å². The molecule has 1 aromatic carbocycles. The Labute approximate surface area is 139 Å². The summed E-state index contributed by atoms with van der Waals surface area (Å²) in [6.07, 6.45) is 3.27. The van der Waals surface area contributed by atoms with Crippen LogP contribution in [0.25, 0.3) is 0 Å². The molecule has 0 fully saturated rings. The summed E-state index contributed by atoms with van der Waals surface area (Å²) in [5.74, 6) is 0.654. The fourth-order valence-corrected chi connectivity index (χ4v) is 2.32. The molecule has 4 nitrogen and oxygen atoms in total. The molecule has 0 bridgehead atoms. The molecule has 2 aromatic rings. The van der Waals surface area contributed by atoms with E-state index in [9.17, 15) is 0 Å². The van der Waals surface area contributed by atoms with Gasteiger partial charge in [-0.15, -0.1) is 0 Å². The number of aromatic nitrogens is 2. The minimum atomic E-state index is 0.0306. The van der Waals surface area contributed by atoms with Crippen molar-refractivity contribution in [1.82, 2.24) is 15.3 Å². The van der Waals surface area contributed by atoms with Gasteiger partial charge in [0.05, 0.1) is 10.2 Å². The lowest BCUT2D eigenvalue weighted by Gasteiger charge is -2.25. The predicted molar refractivity (Wildman–Crippen MR) is 92.2 cm³/mol. The van der Waals surface area contributed by atoms with E-state index in [0.717, 1.165) is 16.7 Å². The zero-order valence-electron chi connectivity index (χ0n) is 12.3. The molecule has 0 amide bonds. The summed E-state index contributed by atoms with van der Waals surface area (Å²) in [5.41, 5.74) is 1.32. The molecule has 0 atom stereocenters. The first kappa shape index (κ1) is 16.2. The molecule has 2 rings (SSSR count). The van der Waals surface area contributed by atoms with Gasteiger partial charge in [-0.05, 0) is 28.2 Å². The Balaban J connectivity index is 1.78. The Bertz CT molecular complexity index is 560. The van der Waals surface area contributed by atoms with E-state index in [4.69, 9.17) is 4.74 Å². The van der Waals surface area contributed by atoms with Crippen LogP contribution in [0.15, 0.2) is 42.9 Å². The second kappa shape index (κ2) is 7.70. The van der Waals surface area contributed by atoms with Crippen LogP contribution < -0.4 is 10.1 Å². The highest BCUT2D eigenvalue weighted by Gasteiger charge is 2.19. The van der Waals surface area contributed by atoms with Gasteiger partial charge in [0.2, 0.25) is 5.88 Å². The molecule has 21 heavy (non-hydrogen) atoms. The number of ether oxygens (including phenoxy) is 1. The van der Waals surface area contributed by atoms with E-state index < -0.39 is 0 Å². The summed E-state index contributed by atoms with van der Waals surface area (Å²) in [6.45, 7) is 6.72. The first-order chi connectivity index (χ1) is 10.1. The van der Waals surface area contributed by atoms with Crippen molar-refractivity contribution in [3.05, 3.63) is 52.0 Å². The van der Waals surface area contributed by atoms with Gasteiger partial charge in [-0.2, -0.15) is 0 Å². The van der Waals surface area contributed by atoms with Crippen LogP contribution in [0.1, 0.15) is 19.4 Å². The number of halogens is 1. The largest absolute Gasteiger partial charge is 0.476 e. The summed E-state index contributed by atoms with van der Waals surface area (Å²) < 4.78 is 6.74. The Morgan fingerprint density at radius 1 is 1.24 bits per heavy atom. The SMILES string of the molecule is CC(C)(CNCc1ccccc1)COc1ncncc1I. The lowest BCUT2D eigenvalue weighted by atomic mass is 9.95. The van der Waals surface area contributed by atoms with Crippen LogP contribution in [0.4, 0.5) is 0 Å². The van der Waals surface area contributed by atoms with Crippen molar-refractivity contribution >= 4 is 22.6 Å². The maximum absolute atomic E-state index is 5.81. The lowest BCUT2D eigenvalue weighted by Crippen LogP contribution is -2.34. The Morgan fingerprint density at radius 2 is 2.00 bits per heavy atom. The summed E-state index contributed by atoms with van der Waals surface area (Å²) in [5, 5.41) is 3.48. The van der Waals surface area contributed by atoms with Crippen LogP contribution in [0, 0.1) is 8.99 Å². The van der Waals surface area contributed by atoms with Crippen molar-refractivity contribution in [2.24, 2.45) is 5.41 Å². The first-order valence-electron chi connectivity index (χ1n) is 6.90. The van der Waals surface area contributed by atoms with Crippen LogP contribution in [0.2, 0.25) is 0 Å². The molecule has 0 saturated carbocycles. The Kier molecular flexibility index (Phi) is 5.93. The molecule has 5 heteroatoms. The van der Waals surface area contributed by atoms with Gasteiger partial charge < -0.3 is 10.1 Å². The molecule has 0 saturated heterocycles. The highest BCUT2D eigenvalue weighted by molar-refractivity contribution is 14.1. The minimum absolute atomic E-state index is 0.0306. The van der Waals surface area contributed by atoms with Crippen LogP contribution in [-0.2, 0) is 6.54 Å². The summed E-state index contributed by atoms with van der Waals surface area (Å²) in [7, 11) is 0. The molecule has 112 valence electrons. The summed E-state index contributed by atoms with van der Waals surface area (Å²) >= 11 is 2.18. The van der Waals surface area contributed by atoms with Gasteiger partial charge in [0.1, 0.15) is 6.33 Å². The van der Waals surface area contributed by atoms with E-state index in [1.807, 2.05) is 6.07 Å². The third kappa shape index (κ3) is 5.59. The third-order valence-electron chi connectivity index (χ3n) is 3.01. The van der Waals surface area contributed by atoms with Gasteiger partial charge in [-0.25, -0.2) is 9.97 Å². The molecule has 0 spiro atoms. The van der Waals surface area contributed by atoms with Crippen LogP contribution in [0.3, 0.4) is 0 Å². The van der Waals surface area contributed by atoms with Crippen molar-refractivity contribution in [2.75, 3.05) is 13.2 Å². The van der Waals surface area contributed by atoms with Crippen LogP contribution >= 0.6 is 22.6 Å². The van der Waals surface area contributed by atoms with Gasteiger partial charge >= 0.3 is 0 Å². The fourth-order valence-electron chi connectivity index (χ4n) is 1.86. The number of hydrogen-bond acceptors (Lipinski definition) is 4. The predicted octanol–water partition coefficient (Wildman–Crippen LogP) is 3.28. The second-order valence-corrected chi connectivity index (χ2v) is 6.88. The maximum Gasteiger partial charge on any atom is 0.230 e. The summed E-state index contributed by atoms with van der Waals surface area (Å²) in [4.78, 5) is 8.11. The summed E-state index contributed by atoms with van der Waals surface area (Å²) in [6, 6.07) is 10.4. The maximum atomic E-state index is 5.81. The van der Waals surface area contributed by atoms with E-state index in [2.05, 4.69) is 76.0 Å². The number of rotatable bonds is 7. The van der Waals surface area contributed by atoms with E-state index in [0.29, 0.717) is 12.5 Å². The number of hydrogen-bond donors (Lipinski definition) is 1. The monoisotopic (exact) mass is 397 g/mol. The van der Waals surface area contributed by atoms with Crippen molar-refractivity contribution < 1.29 is 4.74 Å². The Hall–Kier alpha value is -1.21. The number of benzene rings is 1. The van der Waals surface area contributed by atoms with E-state index in [-0.39, 0.29) is 5.41 Å². The van der Waals surface area contributed by atoms with Gasteiger partial charge in [0, 0.05) is 24.7 Å². The smallest absolute Gasteiger partial charge is 0.230 e. The highest BCUT2D eigenvalue weighted by atomic mass is 127. The van der Waals surface area contributed by atoms with Crippen LogP contribution in [0.5, 0.6) is 5.88 Å². The van der Waals surface area contributed by atoms with Crippen molar-refractivity contribution in [3.8, 4) is 5.88 Å². The zero-order valence-corrected chi connectivity index (χ0v) is 14.5. The Morgan fingerprint density at radius 3 is 2.71 bits per heavy atom. The molecular formula is C16H20IN3O. The van der Waals surface area contributed by atoms with Crippen LogP contribution in [-0.4, -0.2) is 23.1 Å². The van der Waals surface area contributed by atoms with Gasteiger partial charge in [-0.1, -0.05) is 44.2 Å². The molecule has 0 radical (unpaired) electrons. The topological polar surface area (TPSA) is 47.0 Å². The number of nitrogens with one attached hydrogen (secondary N) is 1. The average Bonchev–Trinajstić information content (AvgIpc) is 2.47. The molecule has 1 N–H and O–H groups in total. The normalized spacial score (nSPS) is 11.4. The number of nitrogens with zero attached hydrogens (tertiary/aromatic N) is 2. The molecule has 0 aliphatic carbocycles. The molecule has 0 unspecified atom stereocenters. The average molecular weight is 397 g/mol. The van der Waals surface area contributed by atoms with Crippen molar-refractivity contribution in [1.29, 1.82) is 0 Å². The highest BCUT2D eigenvalue weighted by Crippen LogP contribution is 2.20. The molecule has 1 aromatic heterocycles. The van der Waals surface area contributed by atoms with Crippen molar-refractivity contribution in [3.63, 3.8) is 0 Å².